The third-order valence-electron chi connectivity index (χ3n) is 2.40. The van der Waals surface area contributed by atoms with E-state index in [-0.39, 0.29) is 11.4 Å². The van der Waals surface area contributed by atoms with Crippen molar-refractivity contribution in [2.75, 3.05) is 11.9 Å². The van der Waals surface area contributed by atoms with Gasteiger partial charge in [0.15, 0.2) is 5.76 Å². The van der Waals surface area contributed by atoms with Gasteiger partial charge in [0, 0.05) is 12.6 Å². The van der Waals surface area contributed by atoms with Gasteiger partial charge in [0.1, 0.15) is 4.90 Å². The molecular formula is C11H15N5O3S. The van der Waals surface area contributed by atoms with E-state index in [1.807, 2.05) is 6.92 Å². The van der Waals surface area contributed by atoms with E-state index < -0.39 is 10.0 Å². The number of anilines is 1. The fourth-order valence-electron chi connectivity index (χ4n) is 1.37. The van der Waals surface area contributed by atoms with Crippen LogP contribution in [0.3, 0.4) is 0 Å². The number of hydrogen-bond donors (Lipinski definition) is 2. The Bertz CT molecular complexity index is 625. The summed E-state index contributed by atoms with van der Waals surface area (Å²) in [6.07, 6.45) is 4.89. The van der Waals surface area contributed by atoms with Gasteiger partial charge in [-0.1, -0.05) is 12.1 Å². The van der Waals surface area contributed by atoms with Crippen LogP contribution in [0.15, 0.2) is 34.1 Å². The number of sulfonamides is 1. The lowest BCUT2D eigenvalue weighted by Crippen LogP contribution is -2.23. The molecular weight excluding hydrogens is 282 g/mol. The summed E-state index contributed by atoms with van der Waals surface area (Å²) in [5, 5.41) is 6.46. The van der Waals surface area contributed by atoms with Gasteiger partial charge in [0.05, 0.1) is 25.1 Å². The van der Waals surface area contributed by atoms with Crippen molar-refractivity contribution >= 4 is 16.0 Å². The highest BCUT2D eigenvalue weighted by Crippen LogP contribution is 2.08. The Hall–Kier alpha value is -2.00. The maximum Gasteiger partial charge on any atom is 0.244 e. The van der Waals surface area contributed by atoms with Crippen molar-refractivity contribution in [2.45, 2.75) is 24.8 Å². The molecule has 0 amide bonds. The molecule has 0 aliphatic carbocycles. The molecule has 0 aliphatic heterocycles. The van der Waals surface area contributed by atoms with Gasteiger partial charge < -0.3 is 9.84 Å². The van der Waals surface area contributed by atoms with Crippen LogP contribution in [0.2, 0.25) is 0 Å². The Balaban J connectivity index is 2.01. The van der Waals surface area contributed by atoms with E-state index >= 15 is 0 Å². The monoisotopic (exact) mass is 297 g/mol. The smallest absolute Gasteiger partial charge is 0.244 e. The van der Waals surface area contributed by atoms with E-state index in [0.717, 1.165) is 13.0 Å². The van der Waals surface area contributed by atoms with Crippen LogP contribution in [-0.2, 0) is 16.6 Å². The van der Waals surface area contributed by atoms with Gasteiger partial charge in [-0.15, -0.1) is 0 Å². The first-order chi connectivity index (χ1) is 9.62. The molecule has 0 spiro atoms. The summed E-state index contributed by atoms with van der Waals surface area (Å²) in [5.41, 5.74) is 0. The van der Waals surface area contributed by atoms with Crippen molar-refractivity contribution in [1.29, 1.82) is 0 Å². The van der Waals surface area contributed by atoms with Crippen LogP contribution in [0, 0.1) is 0 Å². The summed E-state index contributed by atoms with van der Waals surface area (Å²) < 4.78 is 31.1. The first kappa shape index (κ1) is 14.4. The van der Waals surface area contributed by atoms with Crippen LogP contribution in [-0.4, -0.2) is 30.1 Å². The molecule has 2 aromatic heterocycles. The number of aromatic nitrogens is 3. The molecule has 9 heteroatoms. The second-order valence-electron chi connectivity index (χ2n) is 3.97. The quantitative estimate of drug-likeness (QED) is 0.776. The van der Waals surface area contributed by atoms with Crippen molar-refractivity contribution in [1.82, 2.24) is 19.8 Å². The number of rotatable bonds is 7. The van der Waals surface area contributed by atoms with Crippen LogP contribution in [0.4, 0.5) is 5.95 Å². The highest BCUT2D eigenvalue weighted by atomic mass is 32.2. The third kappa shape index (κ3) is 3.75. The SMILES string of the molecule is CCCNc1ncc(S(=O)(=O)NCc2ccno2)cn1. The summed E-state index contributed by atoms with van der Waals surface area (Å²) in [4.78, 5) is 7.90. The number of hydrogen-bond acceptors (Lipinski definition) is 7. The average Bonchev–Trinajstić information content (AvgIpc) is 2.97. The van der Waals surface area contributed by atoms with Crippen molar-refractivity contribution in [3.8, 4) is 0 Å². The van der Waals surface area contributed by atoms with Gasteiger partial charge in [-0.05, 0) is 6.42 Å². The van der Waals surface area contributed by atoms with Crippen LogP contribution >= 0.6 is 0 Å². The molecule has 8 nitrogen and oxygen atoms in total. The number of nitrogens with one attached hydrogen (secondary N) is 2. The minimum atomic E-state index is -3.66. The molecule has 0 fully saturated rings. The molecule has 20 heavy (non-hydrogen) atoms. The lowest BCUT2D eigenvalue weighted by Gasteiger charge is -2.06. The minimum Gasteiger partial charge on any atom is -0.360 e. The standard InChI is InChI=1S/C11H15N5O3S/c1-2-4-12-11-13-7-10(8-14-11)20(17,18)16-6-9-3-5-15-19-9/h3,5,7-8,16H,2,4,6H2,1H3,(H,12,13,14). The number of nitrogens with zero attached hydrogens (tertiary/aromatic N) is 3. The molecule has 0 aliphatic rings. The van der Waals surface area contributed by atoms with E-state index in [9.17, 15) is 8.42 Å². The summed E-state index contributed by atoms with van der Waals surface area (Å²) in [6.45, 7) is 2.77. The van der Waals surface area contributed by atoms with Crippen LogP contribution < -0.4 is 10.0 Å². The fraction of sp³-hybridized carbons (Fsp3) is 0.364. The molecule has 2 N–H and O–H groups in total. The van der Waals surface area contributed by atoms with E-state index in [2.05, 4.69) is 25.2 Å². The summed E-state index contributed by atoms with van der Waals surface area (Å²) in [6, 6.07) is 1.58. The third-order valence-corrected chi connectivity index (χ3v) is 3.76. The zero-order chi connectivity index (χ0) is 14.4. The van der Waals surface area contributed by atoms with E-state index in [1.54, 1.807) is 6.07 Å². The maximum absolute atomic E-state index is 12.0. The zero-order valence-electron chi connectivity index (χ0n) is 10.9. The largest absolute Gasteiger partial charge is 0.360 e. The maximum atomic E-state index is 12.0. The second kappa shape index (κ2) is 6.44. The normalized spacial score (nSPS) is 11.4. The summed E-state index contributed by atoms with van der Waals surface area (Å²) in [5.74, 6) is 0.830. The highest BCUT2D eigenvalue weighted by Gasteiger charge is 2.15. The predicted octanol–water partition coefficient (Wildman–Crippen LogP) is 0.765. The van der Waals surface area contributed by atoms with Gasteiger partial charge in [-0.3, -0.25) is 0 Å². The molecule has 0 saturated heterocycles. The molecule has 0 atom stereocenters. The van der Waals surface area contributed by atoms with Crippen molar-refractivity contribution in [3.05, 3.63) is 30.4 Å². The predicted molar refractivity (Wildman–Crippen MR) is 71.3 cm³/mol. The molecule has 2 aromatic rings. The lowest BCUT2D eigenvalue weighted by atomic mass is 10.5. The van der Waals surface area contributed by atoms with E-state index in [4.69, 9.17) is 4.52 Å². The molecule has 108 valence electrons. The van der Waals surface area contributed by atoms with Crippen molar-refractivity contribution < 1.29 is 12.9 Å². The van der Waals surface area contributed by atoms with Gasteiger partial charge in [-0.25, -0.2) is 23.1 Å². The van der Waals surface area contributed by atoms with Crippen LogP contribution in [0.25, 0.3) is 0 Å². The molecule has 2 heterocycles. The Morgan fingerprint density at radius 2 is 2.05 bits per heavy atom. The Kier molecular flexibility index (Phi) is 4.64. The van der Waals surface area contributed by atoms with Gasteiger partial charge in [0.2, 0.25) is 16.0 Å². The Morgan fingerprint density at radius 3 is 2.65 bits per heavy atom. The van der Waals surface area contributed by atoms with Gasteiger partial charge in [-0.2, -0.15) is 0 Å². The Labute approximate surface area is 116 Å². The van der Waals surface area contributed by atoms with Crippen LogP contribution in [0.1, 0.15) is 19.1 Å². The highest BCUT2D eigenvalue weighted by molar-refractivity contribution is 7.89. The molecule has 0 bridgehead atoms. The molecule has 0 saturated carbocycles. The minimum absolute atomic E-state index is 0.000867. The average molecular weight is 297 g/mol. The van der Waals surface area contributed by atoms with Crippen LogP contribution in [0.5, 0.6) is 0 Å². The topological polar surface area (TPSA) is 110 Å². The first-order valence-corrected chi connectivity index (χ1v) is 7.55. The van der Waals surface area contributed by atoms with Crippen molar-refractivity contribution in [2.24, 2.45) is 0 Å². The Morgan fingerprint density at radius 1 is 1.30 bits per heavy atom. The fourth-order valence-corrected chi connectivity index (χ4v) is 2.25. The zero-order valence-corrected chi connectivity index (χ0v) is 11.7. The van der Waals surface area contributed by atoms with Crippen molar-refractivity contribution in [3.63, 3.8) is 0 Å². The molecule has 2 rings (SSSR count). The molecule has 0 aromatic carbocycles. The summed E-state index contributed by atoms with van der Waals surface area (Å²) >= 11 is 0. The lowest BCUT2D eigenvalue weighted by molar-refractivity contribution is 0.380. The molecule has 0 radical (unpaired) electrons. The second-order valence-corrected chi connectivity index (χ2v) is 5.74. The first-order valence-electron chi connectivity index (χ1n) is 6.07. The van der Waals surface area contributed by atoms with Gasteiger partial charge >= 0.3 is 0 Å². The van der Waals surface area contributed by atoms with E-state index in [0.29, 0.717) is 11.7 Å². The van der Waals surface area contributed by atoms with E-state index in [1.165, 1.54) is 18.6 Å². The molecule has 0 unspecified atom stereocenters. The summed E-state index contributed by atoms with van der Waals surface area (Å²) in [7, 11) is -3.66. The van der Waals surface area contributed by atoms with Gasteiger partial charge in [0.25, 0.3) is 0 Å².